The first-order valence-corrected chi connectivity index (χ1v) is 27.9. The lowest BCUT2D eigenvalue weighted by atomic mass is 10.00. The average molecular weight is 889 g/mol. The van der Waals surface area contributed by atoms with Crippen molar-refractivity contribution in [3.63, 3.8) is 0 Å². The Labute approximate surface area is 392 Å². The zero-order valence-electron chi connectivity index (χ0n) is 42.1. The predicted octanol–water partition coefficient (Wildman–Crippen LogP) is 16.0. The van der Waals surface area contributed by atoms with Gasteiger partial charge in [0.1, 0.15) is 12.2 Å². The van der Waals surface area contributed by atoms with Crippen LogP contribution in [0.25, 0.3) is 0 Å². The maximum absolute atomic E-state index is 12.5. The van der Waals surface area contributed by atoms with E-state index in [2.05, 4.69) is 55.6 Å². The van der Waals surface area contributed by atoms with Gasteiger partial charge in [-0.05, 0) is 70.6 Å². The van der Waals surface area contributed by atoms with Crippen LogP contribution in [0.4, 0.5) is 0 Å². The number of rotatable bonds is 51. The summed E-state index contributed by atoms with van der Waals surface area (Å²) in [4.78, 5) is 12.5. The van der Waals surface area contributed by atoms with E-state index in [1.807, 2.05) is 0 Å². The molecule has 0 rings (SSSR count). The third-order valence-corrected chi connectivity index (χ3v) is 13.1. The Bertz CT molecular complexity index is 997. The Hall–Kier alpha value is -1.47. The summed E-state index contributed by atoms with van der Waals surface area (Å²) >= 11 is 0. The molecular weight excluding hydrogens is 779 g/mol. The number of aliphatic hydroxyl groups excluding tert-OH is 4. The largest absolute Gasteiger partial charge is 0.394 e. The zero-order valence-corrected chi connectivity index (χ0v) is 42.1. The van der Waals surface area contributed by atoms with Crippen molar-refractivity contribution in [2.75, 3.05) is 6.61 Å². The highest BCUT2D eigenvalue weighted by molar-refractivity contribution is 5.80. The molecule has 0 aliphatic rings. The molecule has 6 heteroatoms. The smallest absolute Gasteiger partial charge is 0.249 e. The third kappa shape index (κ3) is 45.5. The summed E-state index contributed by atoms with van der Waals surface area (Å²) in [6.45, 7) is 4.03. The summed E-state index contributed by atoms with van der Waals surface area (Å²) in [5, 5.41) is 43.9. The van der Waals surface area contributed by atoms with Gasteiger partial charge in [-0.15, -0.1) is 0 Å². The Morgan fingerprint density at radius 1 is 0.397 bits per heavy atom. The molecule has 0 saturated heterocycles. The van der Waals surface area contributed by atoms with E-state index in [0.29, 0.717) is 12.8 Å². The van der Waals surface area contributed by atoms with Gasteiger partial charge in [0.2, 0.25) is 5.91 Å². The molecule has 0 aliphatic carbocycles. The second-order valence-electron chi connectivity index (χ2n) is 19.3. The van der Waals surface area contributed by atoms with Crippen molar-refractivity contribution in [3.05, 3.63) is 36.5 Å². The summed E-state index contributed by atoms with van der Waals surface area (Å²) in [6.07, 6.45) is 63.7. The van der Waals surface area contributed by atoms with Crippen LogP contribution in [-0.2, 0) is 4.79 Å². The Morgan fingerprint density at radius 2 is 0.698 bits per heavy atom. The first-order valence-electron chi connectivity index (χ1n) is 27.9. The highest BCUT2D eigenvalue weighted by Gasteiger charge is 2.28. The fraction of sp³-hybridized carbons (Fsp3) is 0.877. The molecule has 0 bridgehead atoms. The number of allylic oxidation sites excluding steroid dienone is 6. The minimum Gasteiger partial charge on any atom is -0.394 e. The molecule has 0 fully saturated rings. The second kappa shape index (κ2) is 51.5. The highest BCUT2D eigenvalue weighted by atomic mass is 16.3. The van der Waals surface area contributed by atoms with E-state index in [1.165, 1.54) is 205 Å². The fourth-order valence-corrected chi connectivity index (χ4v) is 8.67. The van der Waals surface area contributed by atoms with Crippen LogP contribution >= 0.6 is 0 Å². The molecule has 0 aromatic carbocycles. The predicted molar refractivity (Wildman–Crippen MR) is 274 cm³/mol. The van der Waals surface area contributed by atoms with Gasteiger partial charge in [-0.1, -0.05) is 256 Å². The van der Waals surface area contributed by atoms with E-state index < -0.39 is 36.9 Å². The molecule has 0 saturated carbocycles. The lowest BCUT2D eigenvalue weighted by Gasteiger charge is -2.27. The van der Waals surface area contributed by atoms with Crippen molar-refractivity contribution in [1.29, 1.82) is 0 Å². The molecule has 0 aliphatic heterocycles. The van der Waals surface area contributed by atoms with Gasteiger partial charge in [0.25, 0.3) is 0 Å². The van der Waals surface area contributed by atoms with Gasteiger partial charge < -0.3 is 25.7 Å². The van der Waals surface area contributed by atoms with E-state index in [4.69, 9.17) is 0 Å². The molecule has 5 N–H and O–H groups in total. The van der Waals surface area contributed by atoms with E-state index in [0.717, 1.165) is 57.8 Å². The van der Waals surface area contributed by atoms with Crippen molar-refractivity contribution >= 4 is 5.91 Å². The van der Waals surface area contributed by atoms with Gasteiger partial charge in [-0.25, -0.2) is 0 Å². The molecule has 4 atom stereocenters. The molecule has 6 nitrogen and oxygen atoms in total. The summed E-state index contributed by atoms with van der Waals surface area (Å²) in [5.74, 6) is -0.600. The minimum absolute atomic E-state index is 0.351. The Morgan fingerprint density at radius 3 is 1.08 bits per heavy atom. The van der Waals surface area contributed by atoms with Crippen LogP contribution in [0.15, 0.2) is 36.5 Å². The molecular formula is C57H109NO5. The molecule has 0 aromatic heterocycles. The van der Waals surface area contributed by atoms with Gasteiger partial charge in [-0.2, -0.15) is 0 Å². The molecule has 0 spiro atoms. The van der Waals surface area contributed by atoms with Crippen molar-refractivity contribution in [3.8, 4) is 0 Å². The third-order valence-electron chi connectivity index (χ3n) is 13.1. The maximum Gasteiger partial charge on any atom is 0.249 e. The van der Waals surface area contributed by atoms with E-state index >= 15 is 0 Å². The number of carbonyl (C=O) groups excluding carboxylic acids is 1. The van der Waals surface area contributed by atoms with Crippen molar-refractivity contribution in [1.82, 2.24) is 5.32 Å². The quantitative estimate of drug-likeness (QED) is 0.0309. The van der Waals surface area contributed by atoms with Gasteiger partial charge >= 0.3 is 0 Å². The van der Waals surface area contributed by atoms with Crippen LogP contribution in [0.3, 0.4) is 0 Å². The molecule has 372 valence electrons. The average Bonchev–Trinajstić information content (AvgIpc) is 3.29. The number of amides is 1. The van der Waals surface area contributed by atoms with Gasteiger partial charge in [-0.3, -0.25) is 4.79 Å². The summed E-state index contributed by atoms with van der Waals surface area (Å²) in [5.41, 5.74) is 0. The Kier molecular flexibility index (Phi) is 50.3. The zero-order chi connectivity index (χ0) is 45.9. The molecule has 1 amide bonds. The highest BCUT2D eigenvalue weighted by Crippen LogP contribution is 2.17. The van der Waals surface area contributed by atoms with E-state index in [9.17, 15) is 25.2 Å². The molecule has 4 unspecified atom stereocenters. The number of carbonyl (C=O) groups is 1. The SMILES string of the molecule is CCCCC/C=C\C/C=C\CCCCCCCCC(O)C(=O)NC(CO)C(O)C(O)CCC/C=C/CCCCCCCCCCCCCCCCCCCCCCCCCCCC. The lowest BCUT2D eigenvalue weighted by Crippen LogP contribution is -2.53. The van der Waals surface area contributed by atoms with Crippen molar-refractivity contribution in [2.45, 2.75) is 314 Å². The summed E-state index contributed by atoms with van der Waals surface area (Å²) < 4.78 is 0. The molecule has 0 radical (unpaired) electrons. The minimum atomic E-state index is -1.29. The van der Waals surface area contributed by atoms with Crippen LogP contribution in [0.1, 0.15) is 290 Å². The number of nitrogens with one attached hydrogen (secondary N) is 1. The maximum atomic E-state index is 12.5. The van der Waals surface area contributed by atoms with Gasteiger partial charge in [0.15, 0.2) is 0 Å². The van der Waals surface area contributed by atoms with E-state index in [1.54, 1.807) is 0 Å². The molecule has 0 aromatic rings. The van der Waals surface area contributed by atoms with Crippen LogP contribution in [-0.4, -0.2) is 57.3 Å². The fourth-order valence-electron chi connectivity index (χ4n) is 8.67. The van der Waals surface area contributed by atoms with Crippen LogP contribution in [0, 0.1) is 0 Å². The van der Waals surface area contributed by atoms with Crippen molar-refractivity contribution in [2.24, 2.45) is 0 Å². The summed E-state index contributed by atoms with van der Waals surface area (Å²) in [6, 6.07) is -1.01. The second-order valence-corrected chi connectivity index (χ2v) is 19.3. The number of aliphatic hydroxyl groups is 4. The molecule has 63 heavy (non-hydrogen) atoms. The van der Waals surface area contributed by atoms with Crippen molar-refractivity contribution < 1.29 is 25.2 Å². The van der Waals surface area contributed by atoms with Crippen LogP contribution in [0.5, 0.6) is 0 Å². The lowest BCUT2D eigenvalue weighted by molar-refractivity contribution is -0.132. The Balaban J connectivity index is 3.62. The normalized spacial score (nSPS) is 14.1. The van der Waals surface area contributed by atoms with Crippen LogP contribution in [0.2, 0.25) is 0 Å². The molecule has 0 heterocycles. The number of hydrogen-bond donors (Lipinski definition) is 5. The van der Waals surface area contributed by atoms with Gasteiger partial charge in [0.05, 0.1) is 18.8 Å². The monoisotopic (exact) mass is 888 g/mol. The number of hydrogen-bond acceptors (Lipinski definition) is 5. The number of unbranched alkanes of at least 4 members (excludes halogenated alkanes) is 36. The standard InChI is InChI=1S/C57H109NO5/c1-3-5-7-9-11-13-15-17-19-21-22-23-24-25-26-27-28-29-30-31-32-33-34-35-37-38-40-42-44-46-48-50-54(60)56(62)53(52-59)58-57(63)55(61)51-49-47-45-43-41-39-36-20-18-16-14-12-10-8-6-4-2/h12,14,18,20,42,44,53-56,59-62H,3-11,13,15-17,19,21-41,43,45-52H2,1-2H3,(H,58,63)/b14-12-,20-18-,44-42+. The summed E-state index contributed by atoms with van der Waals surface area (Å²) in [7, 11) is 0. The van der Waals surface area contributed by atoms with Gasteiger partial charge in [0, 0.05) is 0 Å². The van der Waals surface area contributed by atoms with Crippen LogP contribution < -0.4 is 5.32 Å². The topological polar surface area (TPSA) is 110 Å². The first kappa shape index (κ1) is 61.5. The first-order chi connectivity index (χ1) is 31.0. The van der Waals surface area contributed by atoms with E-state index in [-0.39, 0.29) is 0 Å².